The van der Waals surface area contributed by atoms with Gasteiger partial charge in [0.05, 0.1) is 36.0 Å². The number of primary amides is 1. The minimum atomic E-state index is -5.04. The molecule has 4 aromatic rings. The molecule has 6 rings (SSSR count). The fourth-order valence-electron chi connectivity index (χ4n) is 5.86. The molecule has 2 aliphatic rings. The number of benzene rings is 4. The van der Waals surface area contributed by atoms with Gasteiger partial charge in [-0.25, -0.2) is 8.78 Å². The average molecular weight is 660 g/mol. The summed E-state index contributed by atoms with van der Waals surface area (Å²) in [5.74, 6) is -4.08. The topological polar surface area (TPSA) is 114 Å². The number of halogens is 6. The van der Waals surface area contributed by atoms with Gasteiger partial charge in [-0.1, -0.05) is 23.7 Å². The van der Waals surface area contributed by atoms with E-state index in [1.807, 2.05) is 0 Å². The van der Waals surface area contributed by atoms with Crippen LogP contribution in [0.15, 0.2) is 60.7 Å². The molecule has 2 amide bonds. The molecule has 0 aromatic heterocycles. The molecular weight excluding hydrogens is 637 g/mol. The Labute approximate surface area is 263 Å². The number of methoxy groups -OCH3 is 1. The van der Waals surface area contributed by atoms with Crippen LogP contribution in [-0.4, -0.2) is 37.2 Å². The number of rotatable bonds is 6. The lowest BCUT2D eigenvalue weighted by molar-refractivity contribution is -0.137. The molecule has 0 radical (unpaired) electrons. The summed E-state index contributed by atoms with van der Waals surface area (Å²) >= 11 is 6.37. The highest BCUT2D eigenvalue weighted by Gasteiger charge is 2.50. The van der Waals surface area contributed by atoms with Gasteiger partial charge >= 0.3 is 6.18 Å². The first-order chi connectivity index (χ1) is 21.7. The molecular formula is C32H23ClF5N3O5. The monoisotopic (exact) mass is 659 g/mol. The third kappa shape index (κ3) is 5.14. The number of hydrogen-bond acceptors (Lipinski definition) is 6. The fourth-order valence-corrected chi connectivity index (χ4v) is 6.11. The summed E-state index contributed by atoms with van der Waals surface area (Å²) in [6.45, 7) is 0.555. The lowest BCUT2D eigenvalue weighted by Gasteiger charge is -2.34. The Morgan fingerprint density at radius 2 is 1.83 bits per heavy atom. The number of nitrogens with two attached hydrogens (primary N) is 1. The van der Waals surface area contributed by atoms with E-state index in [0.29, 0.717) is 11.8 Å². The van der Waals surface area contributed by atoms with Crippen LogP contribution in [0.2, 0.25) is 5.02 Å². The number of anilines is 1. The van der Waals surface area contributed by atoms with Gasteiger partial charge in [0.2, 0.25) is 5.91 Å². The van der Waals surface area contributed by atoms with E-state index in [4.69, 9.17) is 26.8 Å². The Morgan fingerprint density at radius 3 is 2.48 bits per heavy atom. The predicted octanol–water partition coefficient (Wildman–Crippen LogP) is 5.75. The molecule has 2 aliphatic heterocycles. The Hall–Kier alpha value is -4.88. The van der Waals surface area contributed by atoms with Crippen molar-refractivity contribution >= 4 is 29.1 Å². The fraction of sp³-hybridized carbons (Fsp3) is 0.188. The molecule has 0 spiro atoms. The summed E-state index contributed by atoms with van der Waals surface area (Å²) in [5.41, 5.74) is -0.749. The van der Waals surface area contributed by atoms with Crippen molar-refractivity contribution in [2.24, 2.45) is 5.73 Å². The van der Waals surface area contributed by atoms with Crippen LogP contribution in [0.25, 0.3) is 11.1 Å². The number of alkyl halides is 3. The smallest absolute Gasteiger partial charge is 0.416 e. The largest absolute Gasteiger partial charge is 0.497 e. The van der Waals surface area contributed by atoms with Crippen LogP contribution in [-0.2, 0) is 18.4 Å². The van der Waals surface area contributed by atoms with Gasteiger partial charge < -0.3 is 30.5 Å². The summed E-state index contributed by atoms with van der Waals surface area (Å²) in [4.78, 5) is 28.1. The average Bonchev–Trinajstić information content (AvgIpc) is 3.28. The third-order valence-electron chi connectivity index (χ3n) is 7.89. The number of nitrogens with zero attached hydrogens (tertiary/aromatic N) is 1. The maximum absolute atomic E-state index is 15.9. The predicted molar refractivity (Wildman–Crippen MR) is 157 cm³/mol. The van der Waals surface area contributed by atoms with E-state index < -0.39 is 63.2 Å². The number of hydrogen-bond donors (Lipinski definition) is 3. The van der Waals surface area contributed by atoms with E-state index in [9.17, 15) is 32.3 Å². The van der Waals surface area contributed by atoms with E-state index in [-0.39, 0.29) is 53.3 Å². The number of fused-ring (bicyclic) bond motifs is 3. The molecule has 46 heavy (non-hydrogen) atoms. The van der Waals surface area contributed by atoms with Crippen LogP contribution in [0.5, 0.6) is 11.5 Å². The number of carbonyl (C=O) groups excluding carboxylic acids is 2. The molecule has 0 saturated heterocycles. The zero-order valence-electron chi connectivity index (χ0n) is 23.8. The maximum Gasteiger partial charge on any atom is 0.416 e. The summed E-state index contributed by atoms with van der Waals surface area (Å²) < 4.78 is 82.4. The lowest BCUT2D eigenvalue weighted by atomic mass is 9.83. The molecule has 0 saturated carbocycles. The van der Waals surface area contributed by atoms with Gasteiger partial charge in [0.15, 0.2) is 5.72 Å². The van der Waals surface area contributed by atoms with Crippen LogP contribution < -0.4 is 25.4 Å². The highest BCUT2D eigenvalue weighted by atomic mass is 35.5. The normalized spacial score (nSPS) is 17.2. The first-order valence-electron chi connectivity index (χ1n) is 13.7. The molecule has 0 bridgehead atoms. The summed E-state index contributed by atoms with van der Waals surface area (Å²) in [6, 6.07) is 11.8. The Kier molecular flexibility index (Phi) is 7.56. The van der Waals surface area contributed by atoms with E-state index in [1.165, 1.54) is 13.2 Å². The highest BCUT2D eigenvalue weighted by Crippen LogP contribution is 2.52. The Balaban J connectivity index is 1.67. The van der Waals surface area contributed by atoms with Crippen LogP contribution in [0, 0.1) is 11.6 Å². The number of aliphatic hydroxyl groups is 1. The van der Waals surface area contributed by atoms with Gasteiger partial charge in [-0.15, -0.1) is 0 Å². The first-order valence-corrected chi connectivity index (χ1v) is 14.0. The number of carbonyl (C=O) groups is 2. The SMILES string of the molecule is COc1ccc(CN2CCOc3cc(-c4c(F)cc(C(F)(F)F)cc4C(N)=O)c4c(c32)C(=O)NC4(O)c2cc(F)ccc2Cl)cc1. The molecule has 8 nitrogen and oxygen atoms in total. The Morgan fingerprint density at radius 1 is 1.11 bits per heavy atom. The third-order valence-corrected chi connectivity index (χ3v) is 8.22. The first kappa shape index (κ1) is 31.1. The van der Waals surface area contributed by atoms with Crippen LogP contribution >= 0.6 is 11.6 Å². The second-order valence-corrected chi connectivity index (χ2v) is 11.1. The van der Waals surface area contributed by atoms with Crippen molar-refractivity contribution in [1.82, 2.24) is 5.32 Å². The van der Waals surface area contributed by atoms with Crippen molar-refractivity contribution < 1.29 is 46.1 Å². The molecule has 4 N–H and O–H groups in total. The van der Waals surface area contributed by atoms with E-state index in [2.05, 4.69) is 5.32 Å². The van der Waals surface area contributed by atoms with Gasteiger partial charge in [0, 0.05) is 28.3 Å². The number of nitrogens with one attached hydrogen (secondary N) is 1. The van der Waals surface area contributed by atoms with Gasteiger partial charge in [-0.3, -0.25) is 9.59 Å². The second kappa shape index (κ2) is 11.2. The molecule has 1 atom stereocenters. The van der Waals surface area contributed by atoms with Crippen molar-refractivity contribution in [3.05, 3.63) is 111 Å². The van der Waals surface area contributed by atoms with Crippen molar-refractivity contribution in [3.8, 4) is 22.6 Å². The minimum absolute atomic E-state index is 0.00738. The Bertz CT molecular complexity index is 1920. The van der Waals surface area contributed by atoms with Gasteiger partial charge in [0.1, 0.15) is 29.7 Å². The molecule has 0 aliphatic carbocycles. The van der Waals surface area contributed by atoms with Crippen molar-refractivity contribution in [2.75, 3.05) is 25.2 Å². The molecule has 0 fully saturated rings. The summed E-state index contributed by atoms with van der Waals surface area (Å²) in [5, 5.41) is 14.4. The second-order valence-electron chi connectivity index (χ2n) is 10.7. The number of amides is 2. The van der Waals surface area contributed by atoms with Crippen molar-refractivity contribution in [3.63, 3.8) is 0 Å². The van der Waals surface area contributed by atoms with E-state index in [1.54, 1.807) is 29.2 Å². The quantitative estimate of drug-likeness (QED) is 0.227. The van der Waals surface area contributed by atoms with Crippen molar-refractivity contribution in [1.29, 1.82) is 0 Å². The van der Waals surface area contributed by atoms with Crippen molar-refractivity contribution in [2.45, 2.75) is 18.4 Å². The van der Waals surface area contributed by atoms with Crippen LogP contribution in [0.1, 0.15) is 43.0 Å². The van der Waals surface area contributed by atoms with Gasteiger partial charge in [-0.05, 0) is 59.7 Å². The highest BCUT2D eigenvalue weighted by molar-refractivity contribution is 6.31. The van der Waals surface area contributed by atoms with E-state index in [0.717, 1.165) is 23.8 Å². The van der Waals surface area contributed by atoms with Crippen LogP contribution in [0.4, 0.5) is 27.6 Å². The lowest BCUT2D eigenvalue weighted by Crippen LogP contribution is -2.41. The molecule has 4 aromatic carbocycles. The molecule has 2 heterocycles. The summed E-state index contributed by atoms with van der Waals surface area (Å²) in [6.07, 6.45) is -5.04. The van der Waals surface area contributed by atoms with Gasteiger partial charge in [-0.2, -0.15) is 13.2 Å². The molecule has 238 valence electrons. The number of ether oxygens (including phenoxy) is 2. The summed E-state index contributed by atoms with van der Waals surface area (Å²) in [7, 11) is 1.52. The molecule has 14 heteroatoms. The minimum Gasteiger partial charge on any atom is -0.497 e. The maximum atomic E-state index is 15.9. The van der Waals surface area contributed by atoms with E-state index >= 15 is 4.39 Å². The van der Waals surface area contributed by atoms with Crippen LogP contribution in [0.3, 0.4) is 0 Å². The zero-order chi connectivity index (χ0) is 33.1. The molecule has 1 unspecified atom stereocenters. The van der Waals surface area contributed by atoms with Gasteiger partial charge in [0.25, 0.3) is 5.91 Å². The zero-order valence-corrected chi connectivity index (χ0v) is 24.5. The standard InChI is InChI=1S/C32H23ClF5N3O5/c1-45-18-5-2-15(3-6-18)14-41-8-9-46-24-13-19(25-20(29(39)42)10-16(11-23(25)35)32(36,37)38)27-26(28(24)41)30(43)40-31(27,44)21-12-17(34)4-7-22(21)33/h2-7,10-13,44H,8-9,14H2,1H3,(H2,39,42)(H,40,43).